The van der Waals surface area contributed by atoms with E-state index >= 15 is 0 Å². The van der Waals surface area contributed by atoms with E-state index in [9.17, 15) is 4.79 Å². The Morgan fingerprint density at radius 1 is 1.28 bits per heavy atom. The van der Waals surface area contributed by atoms with Gasteiger partial charge in [-0.15, -0.1) is 24.8 Å². The zero-order valence-corrected chi connectivity index (χ0v) is 17.0. The summed E-state index contributed by atoms with van der Waals surface area (Å²) in [6.45, 7) is 7.29. The number of carbonyl (C=O) groups excluding carboxylic acids is 1. The molecule has 1 aromatic heterocycles. The average molecular weight is 392 g/mol. The maximum absolute atomic E-state index is 12.9. The molecule has 3 heterocycles. The second-order valence-corrected chi connectivity index (χ2v) is 6.76. The average Bonchev–Trinajstić information content (AvgIpc) is 3.13. The molecule has 2 aliphatic heterocycles. The number of halogens is 2. The van der Waals surface area contributed by atoms with Gasteiger partial charge in [-0.3, -0.25) is 14.4 Å². The number of anilines is 1. The Morgan fingerprint density at radius 3 is 2.60 bits per heavy atom. The molecule has 0 bridgehead atoms. The van der Waals surface area contributed by atoms with Crippen LogP contribution < -0.4 is 10.6 Å². The fourth-order valence-corrected chi connectivity index (χ4v) is 4.13. The first-order valence-corrected chi connectivity index (χ1v) is 8.91. The maximum Gasteiger partial charge on any atom is 0.242 e. The number of piperidine rings is 1. The Kier molecular flexibility index (Phi) is 8.68. The Balaban J connectivity index is 0.00000156. The molecule has 6 nitrogen and oxygen atoms in total. The van der Waals surface area contributed by atoms with Crippen molar-refractivity contribution in [1.29, 1.82) is 0 Å². The van der Waals surface area contributed by atoms with Crippen LogP contribution in [0.5, 0.6) is 0 Å². The molecule has 25 heavy (non-hydrogen) atoms. The zero-order valence-electron chi connectivity index (χ0n) is 15.4. The monoisotopic (exact) mass is 391 g/mol. The molecule has 0 spiro atoms. The molecular weight excluding hydrogens is 361 g/mol. The number of rotatable bonds is 4. The SMILES string of the molecule is CCc1c(C)nn(C)c1NC(=O)[C@@H]1CCCN1C1CCNCC1.Cl.Cl. The molecule has 0 saturated carbocycles. The van der Waals surface area contributed by atoms with E-state index in [4.69, 9.17) is 0 Å². The molecule has 0 unspecified atom stereocenters. The number of nitrogens with one attached hydrogen (secondary N) is 2. The van der Waals surface area contributed by atoms with Crippen LogP contribution in [0, 0.1) is 6.92 Å². The second kappa shape index (κ2) is 9.76. The van der Waals surface area contributed by atoms with Crippen molar-refractivity contribution in [2.75, 3.05) is 25.0 Å². The number of amides is 1. The van der Waals surface area contributed by atoms with Gasteiger partial charge in [0.2, 0.25) is 5.91 Å². The van der Waals surface area contributed by atoms with Gasteiger partial charge in [-0.1, -0.05) is 6.92 Å². The van der Waals surface area contributed by atoms with Crippen LogP contribution in [-0.2, 0) is 18.3 Å². The quantitative estimate of drug-likeness (QED) is 0.826. The number of aryl methyl sites for hydroxylation is 2. The van der Waals surface area contributed by atoms with E-state index in [0.717, 1.165) is 68.8 Å². The predicted octanol–water partition coefficient (Wildman–Crippen LogP) is 2.29. The molecule has 1 aromatic rings. The van der Waals surface area contributed by atoms with Crippen molar-refractivity contribution >= 4 is 36.5 Å². The Labute approximate surface area is 162 Å². The van der Waals surface area contributed by atoms with E-state index in [1.54, 1.807) is 4.68 Å². The van der Waals surface area contributed by atoms with Crippen LogP contribution in [0.15, 0.2) is 0 Å². The van der Waals surface area contributed by atoms with Gasteiger partial charge in [-0.05, 0) is 58.7 Å². The summed E-state index contributed by atoms with van der Waals surface area (Å²) in [5, 5.41) is 11.0. The number of likely N-dealkylation sites (tertiary alicyclic amines) is 1. The van der Waals surface area contributed by atoms with Crippen molar-refractivity contribution in [2.45, 2.75) is 58.0 Å². The third-order valence-corrected chi connectivity index (χ3v) is 5.32. The summed E-state index contributed by atoms with van der Waals surface area (Å²) in [7, 11) is 1.90. The largest absolute Gasteiger partial charge is 0.317 e. The Hall–Kier alpha value is -0.820. The van der Waals surface area contributed by atoms with Crippen LogP contribution >= 0.6 is 24.8 Å². The Morgan fingerprint density at radius 2 is 1.96 bits per heavy atom. The smallest absolute Gasteiger partial charge is 0.242 e. The molecule has 1 atom stereocenters. The minimum absolute atomic E-state index is 0. The highest BCUT2D eigenvalue weighted by molar-refractivity contribution is 5.95. The van der Waals surface area contributed by atoms with Gasteiger partial charge in [0, 0.05) is 18.7 Å². The minimum atomic E-state index is 0. The van der Waals surface area contributed by atoms with Crippen molar-refractivity contribution in [1.82, 2.24) is 20.0 Å². The summed E-state index contributed by atoms with van der Waals surface area (Å²) >= 11 is 0. The highest BCUT2D eigenvalue weighted by atomic mass is 35.5. The fourth-order valence-electron chi connectivity index (χ4n) is 4.13. The first-order chi connectivity index (χ1) is 11.1. The topological polar surface area (TPSA) is 62.2 Å². The summed E-state index contributed by atoms with van der Waals surface area (Å²) in [5.74, 6) is 1.01. The van der Waals surface area contributed by atoms with Crippen LogP contribution in [0.1, 0.15) is 43.9 Å². The molecule has 2 saturated heterocycles. The lowest BCUT2D eigenvalue weighted by Crippen LogP contribution is -2.49. The first-order valence-electron chi connectivity index (χ1n) is 8.91. The number of hydrogen-bond donors (Lipinski definition) is 2. The molecule has 8 heteroatoms. The molecule has 2 N–H and O–H groups in total. The normalized spacial score (nSPS) is 21.5. The summed E-state index contributed by atoms with van der Waals surface area (Å²) in [6.07, 6.45) is 5.27. The van der Waals surface area contributed by atoms with Crippen molar-refractivity contribution in [2.24, 2.45) is 7.05 Å². The third kappa shape index (κ3) is 4.67. The molecule has 2 fully saturated rings. The maximum atomic E-state index is 12.9. The standard InChI is InChI=1S/C17H29N5O.2ClH/c1-4-14-12(2)20-21(3)16(14)19-17(23)15-6-5-11-22(15)13-7-9-18-10-8-13;;/h13,15,18H,4-11H2,1-3H3,(H,19,23);2*1H/t15-;;/m0../s1. The molecule has 0 aromatic carbocycles. The summed E-state index contributed by atoms with van der Waals surface area (Å²) < 4.78 is 1.80. The molecule has 144 valence electrons. The van der Waals surface area contributed by atoms with E-state index in [0.29, 0.717) is 6.04 Å². The minimum Gasteiger partial charge on any atom is -0.317 e. The first kappa shape index (κ1) is 22.2. The van der Waals surface area contributed by atoms with Crippen molar-refractivity contribution < 1.29 is 4.79 Å². The van der Waals surface area contributed by atoms with E-state index in [-0.39, 0.29) is 36.8 Å². The van der Waals surface area contributed by atoms with Crippen LogP contribution in [0.3, 0.4) is 0 Å². The molecule has 0 radical (unpaired) electrons. The number of aromatic nitrogens is 2. The molecule has 0 aliphatic carbocycles. The van der Waals surface area contributed by atoms with Gasteiger partial charge in [-0.2, -0.15) is 5.10 Å². The molecular formula is C17H31Cl2N5O. The second-order valence-electron chi connectivity index (χ2n) is 6.76. The summed E-state index contributed by atoms with van der Waals surface area (Å²) in [5.41, 5.74) is 2.15. The van der Waals surface area contributed by atoms with E-state index in [2.05, 4.69) is 27.6 Å². The van der Waals surface area contributed by atoms with Gasteiger partial charge < -0.3 is 10.6 Å². The lowest BCUT2D eigenvalue weighted by molar-refractivity contribution is -0.121. The fraction of sp³-hybridized carbons (Fsp3) is 0.765. The highest BCUT2D eigenvalue weighted by Crippen LogP contribution is 2.26. The predicted molar refractivity (Wildman–Crippen MR) is 106 cm³/mol. The van der Waals surface area contributed by atoms with E-state index < -0.39 is 0 Å². The number of hydrogen-bond acceptors (Lipinski definition) is 4. The van der Waals surface area contributed by atoms with Crippen LogP contribution in [0.2, 0.25) is 0 Å². The zero-order chi connectivity index (χ0) is 16.4. The van der Waals surface area contributed by atoms with Gasteiger partial charge in [0.25, 0.3) is 0 Å². The van der Waals surface area contributed by atoms with Crippen LogP contribution in [0.25, 0.3) is 0 Å². The van der Waals surface area contributed by atoms with Crippen molar-refractivity contribution in [3.63, 3.8) is 0 Å². The Bertz CT molecular complexity index is 572. The molecule has 2 aliphatic rings. The van der Waals surface area contributed by atoms with E-state index in [1.165, 1.54) is 0 Å². The van der Waals surface area contributed by atoms with E-state index in [1.807, 2.05) is 14.0 Å². The summed E-state index contributed by atoms with van der Waals surface area (Å²) in [6, 6.07) is 0.562. The lowest BCUT2D eigenvalue weighted by atomic mass is 10.0. The van der Waals surface area contributed by atoms with Gasteiger partial charge >= 0.3 is 0 Å². The van der Waals surface area contributed by atoms with Crippen molar-refractivity contribution in [3.8, 4) is 0 Å². The van der Waals surface area contributed by atoms with Gasteiger partial charge in [-0.25, -0.2) is 0 Å². The highest BCUT2D eigenvalue weighted by Gasteiger charge is 2.36. The third-order valence-electron chi connectivity index (χ3n) is 5.32. The summed E-state index contributed by atoms with van der Waals surface area (Å²) in [4.78, 5) is 15.3. The van der Waals surface area contributed by atoms with Gasteiger partial charge in [0.15, 0.2) is 0 Å². The van der Waals surface area contributed by atoms with Crippen molar-refractivity contribution in [3.05, 3.63) is 11.3 Å². The number of nitrogens with zero attached hydrogens (tertiary/aromatic N) is 3. The molecule has 1 amide bonds. The van der Waals surface area contributed by atoms with Gasteiger partial charge in [0.1, 0.15) is 5.82 Å². The van der Waals surface area contributed by atoms with Crippen LogP contribution in [-0.4, -0.2) is 52.3 Å². The number of carbonyl (C=O) groups is 1. The van der Waals surface area contributed by atoms with Gasteiger partial charge in [0.05, 0.1) is 11.7 Å². The molecule has 3 rings (SSSR count). The van der Waals surface area contributed by atoms with Crippen LogP contribution in [0.4, 0.5) is 5.82 Å². The lowest BCUT2D eigenvalue weighted by Gasteiger charge is -2.35.